The number of H-pyrrole nitrogens is 1. The van der Waals surface area contributed by atoms with Crippen LogP contribution >= 0.6 is 0 Å². The molecule has 4 aromatic carbocycles. The molecular weight excluding hydrogens is 1300 g/mol. The molecule has 1 aromatic heterocycles. The van der Waals surface area contributed by atoms with Crippen molar-refractivity contribution < 1.29 is 94.0 Å². The number of Topliss-reactive ketones (excluding diaryl/α,β-unsaturated/α-hetero) is 4. The molecular formula is C68H86FN7O19S2. The number of fused-ring (bicyclic) bond motifs is 1. The van der Waals surface area contributed by atoms with E-state index in [9.17, 15) is 89.3 Å². The number of methoxy groups -OCH3 is 1. The predicted molar refractivity (Wildman–Crippen MR) is 353 cm³/mol. The van der Waals surface area contributed by atoms with E-state index < -0.39 is 172 Å². The van der Waals surface area contributed by atoms with Crippen LogP contribution in [0.4, 0.5) is 4.39 Å². The molecule has 0 aliphatic heterocycles. The zero-order chi connectivity index (χ0) is 71.4. The number of halogens is 1. The third-order valence-electron chi connectivity index (χ3n) is 16.4. The Morgan fingerprint density at radius 3 is 1.77 bits per heavy atom. The van der Waals surface area contributed by atoms with Crippen molar-refractivity contribution >= 4 is 95.6 Å². The summed E-state index contributed by atoms with van der Waals surface area (Å²) >= 11 is 0. The Morgan fingerprint density at radius 2 is 1.16 bits per heavy atom. The second kappa shape index (κ2) is 38.6. The van der Waals surface area contributed by atoms with Gasteiger partial charge in [0.15, 0.2) is 17.3 Å². The van der Waals surface area contributed by atoms with Crippen LogP contribution in [0.25, 0.3) is 10.9 Å². The van der Waals surface area contributed by atoms with Crippen molar-refractivity contribution in [1.29, 1.82) is 0 Å². The maximum Gasteiger partial charge on any atom is 0.305 e. The minimum Gasteiger partial charge on any atom is -0.497 e. The summed E-state index contributed by atoms with van der Waals surface area (Å²) in [6.45, 7) is 3.35. The van der Waals surface area contributed by atoms with Crippen LogP contribution in [0.3, 0.4) is 0 Å². The second-order valence-corrected chi connectivity index (χ2v) is 27.7. The number of nitrogens with one attached hydrogen (secondary N) is 6. The highest BCUT2D eigenvalue weighted by Crippen LogP contribution is 2.25. The van der Waals surface area contributed by atoms with Gasteiger partial charge in [-0.3, -0.25) is 52.7 Å². The molecule has 97 heavy (non-hydrogen) atoms. The summed E-state index contributed by atoms with van der Waals surface area (Å²) in [5, 5.41) is 37.3. The van der Waals surface area contributed by atoms with E-state index in [-0.39, 0.29) is 78.7 Å². The maximum absolute atomic E-state index is 14.7. The van der Waals surface area contributed by atoms with Crippen LogP contribution in [0.2, 0.25) is 0 Å². The first kappa shape index (κ1) is 78.6. The number of nitrogens with two attached hydrogens (primary N) is 1. The summed E-state index contributed by atoms with van der Waals surface area (Å²) in [4.78, 5) is 148. The van der Waals surface area contributed by atoms with Gasteiger partial charge in [-0.25, -0.2) is 30.7 Å². The number of rotatable bonds is 47. The molecule has 0 spiro atoms. The Bertz CT molecular complexity index is 3810. The molecule has 11 N–H and O–H groups in total. The Balaban J connectivity index is 1.23. The number of carbonyl (C=O) groups is 11. The van der Waals surface area contributed by atoms with Crippen molar-refractivity contribution in [2.75, 3.05) is 26.7 Å². The van der Waals surface area contributed by atoms with Crippen LogP contribution < -0.4 is 35.9 Å². The molecule has 4 amide bonds. The largest absolute Gasteiger partial charge is 0.497 e. The molecule has 526 valence electrons. The monoisotopic (exact) mass is 1390 g/mol. The summed E-state index contributed by atoms with van der Waals surface area (Å²) in [5.41, 5.74) is 8.09. The van der Waals surface area contributed by atoms with Gasteiger partial charge in [-0.05, 0) is 122 Å². The van der Waals surface area contributed by atoms with Crippen molar-refractivity contribution in [3.63, 3.8) is 0 Å². The molecule has 6 atom stereocenters. The molecule has 29 heteroatoms. The molecule has 0 bridgehead atoms. The molecule has 0 aliphatic rings. The third-order valence-corrected chi connectivity index (χ3v) is 19.4. The highest BCUT2D eigenvalue weighted by Gasteiger charge is 2.35. The average Bonchev–Trinajstić information content (AvgIpc) is 1.81. The van der Waals surface area contributed by atoms with E-state index in [1.807, 2.05) is 18.6 Å². The third kappa shape index (κ3) is 26.8. The number of aliphatic carboxylic acids is 3. The van der Waals surface area contributed by atoms with Crippen LogP contribution in [-0.4, -0.2) is 141 Å². The molecule has 0 fully saturated rings. The number of aromatic nitrogens is 1. The average molecular weight is 1390 g/mol. The lowest BCUT2D eigenvalue weighted by Crippen LogP contribution is -2.47. The number of carboxylic acids is 3. The van der Waals surface area contributed by atoms with Crippen molar-refractivity contribution in [2.24, 2.45) is 29.4 Å². The lowest BCUT2D eigenvalue weighted by atomic mass is 9.89. The van der Waals surface area contributed by atoms with E-state index in [1.54, 1.807) is 54.7 Å². The zero-order valence-electron chi connectivity index (χ0n) is 54.4. The fourth-order valence-corrected chi connectivity index (χ4v) is 13.2. The number of ether oxygens (including phenoxy) is 1. The van der Waals surface area contributed by atoms with E-state index in [0.29, 0.717) is 54.3 Å². The lowest BCUT2D eigenvalue weighted by Gasteiger charge is -2.24. The maximum atomic E-state index is 14.7. The fraction of sp³-hybridized carbons (Fsp3) is 0.456. The second-order valence-electron chi connectivity index (χ2n) is 24.2. The number of hydrogen-bond donors (Lipinski definition) is 10. The smallest absolute Gasteiger partial charge is 0.305 e. The van der Waals surface area contributed by atoms with Crippen LogP contribution in [0.15, 0.2) is 113 Å². The van der Waals surface area contributed by atoms with Gasteiger partial charge in [-0.1, -0.05) is 69.2 Å². The number of aromatic amines is 1. The van der Waals surface area contributed by atoms with Gasteiger partial charge in [0.1, 0.15) is 17.3 Å². The summed E-state index contributed by atoms with van der Waals surface area (Å²) in [6, 6.07) is 20.3. The van der Waals surface area contributed by atoms with Gasteiger partial charge in [0.25, 0.3) is 0 Å². The SMILES string of the molecule is COc1ccc(S(=O)(=O)N[C@H](CC(=O)O)C(=O)C[C@@H](CCC(=O)O)C(=O)NCC(=O)C[C@@H](Cc2cccc(F)c2)C(=O)N[C@@H](Cc2c[nH]c3ccccc23)C(=O)C[C@@H](CCC(=O)O)C(=O)NCCCCCC(=O)C[C@@H](CCCCNS(=O)(=O)c2ccc(C(C)C)cc2)C(N)=O)cc1. The molecule has 5 rings (SSSR count). The first-order valence-electron chi connectivity index (χ1n) is 31.9. The number of para-hydroxylation sites is 1. The molecule has 0 saturated carbocycles. The van der Waals surface area contributed by atoms with Gasteiger partial charge in [-0.2, -0.15) is 0 Å². The quantitative estimate of drug-likeness (QED) is 0.0200. The van der Waals surface area contributed by atoms with Crippen LogP contribution in [0, 0.1) is 29.5 Å². The van der Waals surface area contributed by atoms with Gasteiger partial charge in [-0.15, -0.1) is 0 Å². The highest BCUT2D eigenvalue weighted by atomic mass is 32.2. The zero-order valence-corrected chi connectivity index (χ0v) is 56.0. The first-order chi connectivity index (χ1) is 45.9. The Morgan fingerprint density at radius 1 is 0.567 bits per heavy atom. The molecule has 0 radical (unpaired) electrons. The van der Waals surface area contributed by atoms with E-state index in [4.69, 9.17) is 10.5 Å². The van der Waals surface area contributed by atoms with Crippen molar-refractivity contribution in [1.82, 2.24) is 30.4 Å². The van der Waals surface area contributed by atoms with Gasteiger partial charge >= 0.3 is 17.9 Å². The topological polar surface area (TPSA) is 428 Å². The molecule has 0 aliphatic carbocycles. The van der Waals surface area contributed by atoms with E-state index in [2.05, 4.69) is 25.7 Å². The van der Waals surface area contributed by atoms with Gasteiger partial charge in [0, 0.05) is 105 Å². The minimum atomic E-state index is -4.56. The molecule has 26 nitrogen and oxygen atoms in total. The number of amides is 4. The summed E-state index contributed by atoms with van der Waals surface area (Å²) < 4.78 is 76.4. The number of hydrogen-bond acceptors (Lipinski definition) is 16. The van der Waals surface area contributed by atoms with Crippen LogP contribution in [0.5, 0.6) is 5.75 Å². The van der Waals surface area contributed by atoms with E-state index in [0.717, 1.165) is 29.8 Å². The minimum absolute atomic E-state index is 0.0672. The first-order valence-corrected chi connectivity index (χ1v) is 34.9. The number of sulfonamides is 2. The number of carboxylic acid groups (broad SMARTS) is 3. The standard InChI is InChI=1S/C68H86FN7O19S2/c1-42(2)44-18-24-54(25-19-44)96(91,92)74-31-10-8-13-45(65(70)87)34-51(77)15-5-4-9-30-71-66(88)46(20-28-62(81)82)37-60(79)58(36-49-40-72-57-17-7-6-16-56(49)57)75-68(90)48(32-43-12-11-14-50(69)33-43)35-52(78)41-73-67(89)47(21-29-63(83)84)38-61(80)59(39-64(85)86)76-97(93,94)55-26-22-53(95-3)23-27-55/h6-7,11-12,14,16-19,22-27,33,40,42,45-48,58-59,72,74,76H,4-5,8-10,13,15,20-21,28-32,34-39,41H2,1-3H3,(H2,70,87)(H,71,88)(H,73,89)(H,75,90)(H,81,82)(H,83,84)(H,85,86)/t45-,46-,47-,48-,58+,59-/m1/s1. The van der Waals surface area contributed by atoms with E-state index >= 15 is 0 Å². The highest BCUT2D eigenvalue weighted by molar-refractivity contribution is 7.89. The Labute approximate surface area is 562 Å². The molecule has 0 saturated heterocycles. The van der Waals surface area contributed by atoms with Crippen molar-refractivity contribution in [3.8, 4) is 5.75 Å². The van der Waals surface area contributed by atoms with Crippen molar-refractivity contribution in [2.45, 2.75) is 157 Å². The van der Waals surface area contributed by atoms with Gasteiger partial charge < -0.3 is 46.7 Å². The summed E-state index contributed by atoms with van der Waals surface area (Å²) in [7, 11) is -6.97. The molecule has 1 heterocycles. The van der Waals surface area contributed by atoms with Gasteiger partial charge in [0.2, 0.25) is 43.7 Å². The number of benzene rings is 4. The van der Waals surface area contributed by atoms with Crippen LogP contribution in [-0.2, 0) is 85.6 Å². The number of unbranched alkanes of at least 4 members (excludes halogenated alkanes) is 3. The summed E-state index contributed by atoms with van der Waals surface area (Å²) in [5.74, 6) is -15.4. The number of primary amides is 1. The predicted octanol–water partition coefficient (Wildman–Crippen LogP) is 5.99. The fourth-order valence-electron chi connectivity index (χ4n) is 10.9. The normalized spacial score (nSPS) is 13.5. The number of carbonyl (C=O) groups excluding carboxylic acids is 8. The number of ketones is 4. The lowest BCUT2D eigenvalue weighted by molar-refractivity contribution is -0.140. The van der Waals surface area contributed by atoms with Crippen molar-refractivity contribution in [3.05, 3.63) is 126 Å². The molecule has 0 unspecified atom stereocenters. The van der Waals surface area contributed by atoms with Crippen LogP contribution in [0.1, 0.15) is 139 Å². The Kier molecular flexibility index (Phi) is 31.3. The summed E-state index contributed by atoms with van der Waals surface area (Å²) in [6.07, 6.45) is -1.79. The Hall–Kier alpha value is -9.06. The van der Waals surface area contributed by atoms with Gasteiger partial charge in [0.05, 0.1) is 42.0 Å². The molecule has 5 aromatic rings. The van der Waals surface area contributed by atoms with E-state index in [1.165, 1.54) is 31.4 Å².